The molecule has 0 atom stereocenters. The lowest BCUT2D eigenvalue weighted by Gasteiger charge is -2.25. The zero-order valence-electron chi connectivity index (χ0n) is 16.7. The molecule has 156 valence electrons. The molecule has 0 spiro atoms. The molecule has 0 bridgehead atoms. The van der Waals surface area contributed by atoms with Crippen LogP contribution in [0.2, 0.25) is 0 Å². The lowest BCUT2D eigenvalue weighted by atomic mass is 9.83. The van der Waals surface area contributed by atoms with Crippen LogP contribution >= 0.6 is 11.3 Å². The van der Waals surface area contributed by atoms with E-state index in [1.807, 2.05) is 24.3 Å². The van der Waals surface area contributed by atoms with Crippen LogP contribution in [-0.4, -0.2) is 23.5 Å². The van der Waals surface area contributed by atoms with Crippen molar-refractivity contribution in [3.05, 3.63) is 58.9 Å². The van der Waals surface area contributed by atoms with Gasteiger partial charge >= 0.3 is 5.97 Å². The van der Waals surface area contributed by atoms with E-state index in [-0.39, 0.29) is 11.7 Å². The highest BCUT2D eigenvalue weighted by atomic mass is 32.1. The average molecular weight is 427 g/mol. The average Bonchev–Trinajstić information content (AvgIpc) is 3.35. The fraction of sp³-hybridized carbons (Fsp3) is 0.348. The molecule has 2 aromatic carbocycles. The Kier molecular flexibility index (Phi) is 5.81. The number of anilines is 1. The number of aryl methyl sites for hydroxylation is 1. The molecule has 1 heterocycles. The summed E-state index contributed by atoms with van der Waals surface area (Å²) in [7, 11) is 0. The largest absolute Gasteiger partial charge is 0.455 e. The standard InChI is InChI=1S/C23H23FN2O3S/c1-15-8-9-17(16(24)12-15)25-20(27)14-29-22(28)23(10-4-5-11-23)13-21-26-18-6-2-3-7-19(18)30-21/h2-3,6-9,12H,4-5,10-11,13-14H2,1H3,(H,25,27). The maximum atomic E-state index is 13.9. The smallest absolute Gasteiger partial charge is 0.313 e. The van der Waals surface area contributed by atoms with Crippen LogP contribution in [-0.2, 0) is 20.7 Å². The Morgan fingerprint density at radius 1 is 1.20 bits per heavy atom. The Bertz CT molecular complexity index is 1060. The van der Waals surface area contributed by atoms with Crippen molar-refractivity contribution in [2.75, 3.05) is 11.9 Å². The number of esters is 1. The van der Waals surface area contributed by atoms with Crippen LogP contribution in [0.25, 0.3) is 10.2 Å². The minimum atomic E-state index is -0.650. The molecule has 1 N–H and O–H groups in total. The molecule has 0 radical (unpaired) electrons. The zero-order chi connectivity index (χ0) is 21.1. The minimum absolute atomic E-state index is 0.0757. The van der Waals surface area contributed by atoms with Gasteiger partial charge in [-0.15, -0.1) is 11.3 Å². The molecule has 1 saturated carbocycles. The second kappa shape index (κ2) is 8.52. The number of thiazole rings is 1. The van der Waals surface area contributed by atoms with Gasteiger partial charge in [0.1, 0.15) is 5.82 Å². The number of rotatable bonds is 6. The number of ether oxygens (including phenoxy) is 1. The number of amides is 1. The van der Waals surface area contributed by atoms with Crippen molar-refractivity contribution in [2.24, 2.45) is 5.41 Å². The van der Waals surface area contributed by atoms with Gasteiger partial charge < -0.3 is 10.1 Å². The fourth-order valence-electron chi connectivity index (χ4n) is 3.98. The van der Waals surface area contributed by atoms with Crippen molar-refractivity contribution in [3.8, 4) is 0 Å². The van der Waals surface area contributed by atoms with Crippen LogP contribution in [0.1, 0.15) is 36.3 Å². The number of para-hydroxylation sites is 1. The van der Waals surface area contributed by atoms with E-state index in [2.05, 4.69) is 10.3 Å². The summed E-state index contributed by atoms with van der Waals surface area (Å²) >= 11 is 1.59. The molecule has 1 fully saturated rings. The number of carbonyl (C=O) groups excluding carboxylic acids is 2. The number of nitrogens with zero attached hydrogens (tertiary/aromatic N) is 1. The highest BCUT2D eigenvalue weighted by Crippen LogP contribution is 2.43. The van der Waals surface area contributed by atoms with Crippen LogP contribution in [0.5, 0.6) is 0 Å². The number of fused-ring (bicyclic) bond motifs is 1. The van der Waals surface area contributed by atoms with Gasteiger partial charge in [0.15, 0.2) is 6.61 Å². The van der Waals surface area contributed by atoms with Crippen LogP contribution in [0.4, 0.5) is 10.1 Å². The Balaban J connectivity index is 1.41. The van der Waals surface area contributed by atoms with E-state index in [1.165, 1.54) is 12.1 Å². The Labute approximate surface area is 178 Å². The summed E-state index contributed by atoms with van der Waals surface area (Å²) in [6, 6.07) is 12.4. The zero-order valence-corrected chi connectivity index (χ0v) is 17.6. The van der Waals surface area contributed by atoms with E-state index in [0.717, 1.165) is 46.5 Å². The predicted octanol–water partition coefficient (Wildman–Crippen LogP) is 5.03. The third-order valence-electron chi connectivity index (χ3n) is 5.55. The van der Waals surface area contributed by atoms with Crippen LogP contribution in [0.3, 0.4) is 0 Å². The quantitative estimate of drug-likeness (QED) is 0.562. The van der Waals surface area contributed by atoms with Crippen molar-refractivity contribution in [1.82, 2.24) is 4.98 Å². The number of halogens is 1. The summed E-state index contributed by atoms with van der Waals surface area (Å²) in [6.45, 7) is 1.33. The van der Waals surface area contributed by atoms with E-state index >= 15 is 0 Å². The molecule has 5 nitrogen and oxygen atoms in total. The van der Waals surface area contributed by atoms with Crippen molar-refractivity contribution >= 4 is 39.1 Å². The van der Waals surface area contributed by atoms with Crippen LogP contribution < -0.4 is 5.32 Å². The van der Waals surface area contributed by atoms with Gasteiger partial charge in [-0.3, -0.25) is 9.59 Å². The first-order chi connectivity index (χ1) is 14.4. The SMILES string of the molecule is Cc1ccc(NC(=O)COC(=O)C2(Cc3nc4ccccc4s3)CCCC2)c(F)c1. The molecule has 1 aliphatic carbocycles. The van der Waals surface area contributed by atoms with Gasteiger partial charge in [0.05, 0.1) is 26.3 Å². The normalized spacial score (nSPS) is 15.3. The number of aromatic nitrogens is 1. The molecular weight excluding hydrogens is 403 g/mol. The molecule has 3 aromatic rings. The van der Waals surface area contributed by atoms with E-state index in [0.29, 0.717) is 6.42 Å². The summed E-state index contributed by atoms with van der Waals surface area (Å²) in [5.74, 6) is -1.45. The molecule has 1 amide bonds. The number of benzene rings is 2. The monoisotopic (exact) mass is 426 g/mol. The maximum absolute atomic E-state index is 13.9. The maximum Gasteiger partial charge on any atom is 0.313 e. The molecule has 0 saturated heterocycles. The molecular formula is C23H23FN2O3S. The first-order valence-electron chi connectivity index (χ1n) is 10.0. The van der Waals surface area contributed by atoms with Crippen LogP contribution in [0, 0.1) is 18.2 Å². The number of carbonyl (C=O) groups is 2. The highest BCUT2D eigenvalue weighted by Gasteiger charge is 2.43. The van der Waals surface area contributed by atoms with Gasteiger partial charge in [-0.05, 0) is 49.6 Å². The van der Waals surface area contributed by atoms with Crippen molar-refractivity contribution in [2.45, 2.75) is 39.0 Å². The molecule has 0 unspecified atom stereocenters. The van der Waals surface area contributed by atoms with Gasteiger partial charge in [-0.1, -0.05) is 31.0 Å². The first-order valence-corrected chi connectivity index (χ1v) is 10.8. The van der Waals surface area contributed by atoms with E-state index in [1.54, 1.807) is 24.3 Å². The van der Waals surface area contributed by atoms with Gasteiger partial charge in [-0.2, -0.15) is 0 Å². The second-order valence-corrected chi connectivity index (χ2v) is 8.96. The topological polar surface area (TPSA) is 68.3 Å². The molecule has 1 aliphatic rings. The first kappa shape index (κ1) is 20.5. The molecule has 0 aliphatic heterocycles. The lowest BCUT2D eigenvalue weighted by Crippen LogP contribution is -2.34. The Morgan fingerprint density at radius 3 is 2.70 bits per heavy atom. The van der Waals surface area contributed by atoms with Crippen LogP contribution in [0.15, 0.2) is 42.5 Å². The Hall–Kier alpha value is -2.80. The Morgan fingerprint density at radius 2 is 1.97 bits per heavy atom. The summed E-state index contributed by atoms with van der Waals surface area (Å²) in [6.07, 6.45) is 3.84. The predicted molar refractivity (Wildman–Crippen MR) is 115 cm³/mol. The summed E-state index contributed by atoms with van der Waals surface area (Å²) < 4.78 is 20.4. The molecule has 1 aromatic heterocycles. The summed E-state index contributed by atoms with van der Waals surface area (Å²) in [4.78, 5) is 29.8. The summed E-state index contributed by atoms with van der Waals surface area (Å²) in [5, 5.41) is 3.37. The van der Waals surface area contributed by atoms with Gasteiger partial charge in [0.2, 0.25) is 0 Å². The number of nitrogens with one attached hydrogen (secondary N) is 1. The van der Waals surface area contributed by atoms with Crippen molar-refractivity contribution in [3.63, 3.8) is 0 Å². The van der Waals surface area contributed by atoms with Gasteiger partial charge in [-0.25, -0.2) is 9.37 Å². The van der Waals surface area contributed by atoms with E-state index in [4.69, 9.17) is 4.74 Å². The van der Waals surface area contributed by atoms with Gasteiger partial charge in [0, 0.05) is 6.42 Å². The third-order valence-corrected chi connectivity index (χ3v) is 6.59. The fourth-order valence-corrected chi connectivity index (χ4v) is 5.09. The molecule has 7 heteroatoms. The number of hydrogen-bond donors (Lipinski definition) is 1. The number of hydrogen-bond acceptors (Lipinski definition) is 5. The third kappa shape index (κ3) is 4.36. The molecule has 4 rings (SSSR count). The summed E-state index contributed by atoms with van der Waals surface area (Å²) in [5.41, 5.74) is 1.11. The van der Waals surface area contributed by atoms with E-state index in [9.17, 15) is 14.0 Å². The van der Waals surface area contributed by atoms with Gasteiger partial charge in [0.25, 0.3) is 5.91 Å². The second-order valence-electron chi connectivity index (χ2n) is 7.85. The lowest BCUT2D eigenvalue weighted by molar-refractivity contribution is -0.158. The highest BCUT2D eigenvalue weighted by molar-refractivity contribution is 7.18. The van der Waals surface area contributed by atoms with Crippen molar-refractivity contribution < 1.29 is 18.7 Å². The van der Waals surface area contributed by atoms with E-state index < -0.39 is 23.7 Å². The minimum Gasteiger partial charge on any atom is -0.455 e. The molecule has 30 heavy (non-hydrogen) atoms. The van der Waals surface area contributed by atoms with Crippen molar-refractivity contribution in [1.29, 1.82) is 0 Å².